The summed E-state index contributed by atoms with van der Waals surface area (Å²) in [6.45, 7) is 6.82. The van der Waals surface area contributed by atoms with E-state index in [9.17, 15) is 0 Å². The number of nitrogens with zero attached hydrogens (tertiary/aromatic N) is 1. The van der Waals surface area contributed by atoms with Crippen LogP contribution in [0.15, 0.2) is 52.5 Å². The molecule has 1 heterocycles. The third-order valence-corrected chi connectivity index (χ3v) is 6.06. The fraction of sp³-hybridized carbons (Fsp3) is 0.250. The summed E-state index contributed by atoms with van der Waals surface area (Å²) in [5.74, 6) is 0.863. The van der Waals surface area contributed by atoms with Crippen molar-refractivity contribution in [2.45, 2.75) is 16.7 Å². The fourth-order valence-electron chi connectivity index (χ4n) is 2.38. The minimum absolute atomic E-state index is 0.158. The molecule has 5 nitrogen and oxygen atoms in total. The van der Waals surface area contributed by atoms with Gasteiger partial charge in [-0.25, -0.2) is 5.53 Å². The van der Waals surface area contributed by atoms with Gasteiger partial charge in [-0.1, -0.05) is 12.1 Å². The van der Waals surface area contributed by atoms with Crippen molar-refractivity contribution in [3.63, 3.8) is 0 Å². The van der Waals surface area contributed by atoms with Crippen LogP contribution in [0, 0.1) is 5.53 Å². The Morgan fingerprint density at radius 2 is 2.04 bits per heavy atom. The van der Waals surface area contributed by atoms with Crippen molar-refractivity contribution < 1.29 is 8.92 Å². The van der Waals surface area contributed by atoms with Crippen LogP contribution >= 0.6 is 40.6 Å². The summed E-state index contributed by atoms with van der Waals surface area (Å²) in [7, 11) is -0.819. The summed E-state index contributed by atoms with van der Waals surface area (Å²) in [6.07, 6.45) is 0.817. The van der Waals surface area contributed by atoms with Crippen molar-refractivity contribution in [3.8, 4) is 5.75 Å². The molecule has 25 heavy (non-hydrogen) atoms. The Kier molecular flexibility index (Phi) is 6.91. The van der Waals surface area contributed by atoms with Gasteiger partial charge in [0.05, 0.1) is 5.69 Å². The Hall–Kier alpha value is -0.905. The molecule has 0 amide bonds. The Labute approximate surface area is 166 Å². The van der Waals surface area contributed by atoms with Gasteiger partial charge in [0.25, 0.3) is 0 Å². The molecule has 1 aliphatic heterocycles. The van der Waals surface area contributed by atoms with Crippen molar-refractivity contribution in [1.29, 1.82) is 5.53 Å². The second-order valence-electron chi connectivity index (χ2n) is 5.31. The molecule has 0 spiro atoms. The number of thioether (sulfide) groups is 1. The molecule has 2 atom stereocenters. The minimum atomic E-state index is -0.819. The first-order valence-corrected chi connectivity index (χ1v) is 12.7. The van der Waals surface area contributed by atoms with E-state index in [-0.39, 0.29) is 5.37 Å². The van der Waals surface area contributed by atoms with Gasteiger partial charge in [-0.05, 0) is 12.1 Å². The summed E-state index contributed by atoms with van der Waals surface area (Å²) in [5.41, 5.74) is 9.96. The van der Waals surface area contributed by atoms with Crippen molar-refractivity contribution in [1.82, 2.24) is 0 Å². The van der Waals surface area contributed by atoms with Crippen molar-refractivity contribution in [3.05, 3.63) is 48.0 Å². The molecule has 0 bridgehead atoms. The molecule has 0 aliphatic carbocycles. The number of anilines is 1. The number of halogens is 1. The second-order valence-corrected chi connectivity index (χ2v) is 10.1. The van der Waals surface area contributed by atoms with E-state index in [1.54, 1.807) is 11.8 Å². The third-order valence-electron chi connectivity index (χ3n) is 3.58. The molecule has 130 valence electrons. The molecule has 0 saturated heterocycles. The van der Waals surface area contributed by atoms with Gasteiger partial charge < -0.3 is 0 Å². The molecule has 0 radical (unpaired) electrons. The fourth-order valence-corrected chi connectivity index (χ4v) is 4.45. The maximum absolute atomic E-state index is 7.03. The third kappa shape index (κ3) is 5.29. The van der Waals surface area contributed by atoms with Gasteiger partial charge in [0.2, 0.25) is 0 Å². The number of nitrogens with one attached hydrogen (secondary N) is 2. The van der Waals surface area contributed by atoms with E-state index in [1.807, 2.05) is 36.4 Å². The van der Waals surface area contributed by atoms with E-state index in [2.05, 4.69) is 37.7 Å². The van der Waals surface area contributed by atoms with Crippen LogP contribution in [0.3, 0.4) is 0 Å². The topological polar surface area (TPSA) is 66.7 Å². The van der Waals surface area contributed by atoms with Crippen molar-refractivity contribution >= 4 is 58.5 Å². The van der Waals surface area contributed by atoms with Crippen LogP contribution in [-0.4, -0.2) is 19.7 Å². The Morgan fingerprint density at radius 3 is 2.76 bits per heavy atom. The van der Waals surface area contributed by atoms with Crippen LogP contribution in [0.5, 0.6) is 5.75 Å². The summed E-state index contributed by atoms with van der Waals surface area (Å²) in [6, 6.07) is 13.8. The number of hydrogen-bond donors (Lipinski definition) is 3. The molecule has 3 rings (SSSR count). The first-order chi connectivity index (χ1) is 12.2. The normalized spacial score (nSPS) is 16.8. The predicted molar refractivity (Wildman–Crippen MR) is 115 cm³/mol. The van der Waals surface area contributed by atoms with Gasteiger partial charge in [0, 0.05) is 0 Å². The van der Waals surface area contributed by atoms with Gasteiger partial charge in [-0.3, -0.25) is 0 Å². The van der Waals surface area contributed by atoms with E-state index in [0.717, 1.165) is 23.4 Å². The van der Waals surface area contributed by atoms with E-state index >= 15 is 0 Å². The Bertz CT molecular complexity index is 826. The average Bonchev–Trinajstić information content (AvgIpc) is 3.04. The standard InChI is InChI=1S/C16H17BIN3O2S2/c17-25(18)23-9-1-8-22-13-6-7-14-15(10-13)24-16(20-14)11-2-4-12(21-19)5-3-11/h2-7,10,16,19-20,25H,1,8-9H2. The number of benzene rings is 2. The van der Waals surface area contributed by atoms with E-state index in [4.69, 9.17) is 21.0 Å². The van der Waals surface area contributed by atoms with Crippen molar-refractivity contribution in [2.24, 2.45) is 5.11 Å². The zero-order valence-corrected chi connectivity index (χ0v) is 17.2. The van der Waals surface area contributed by atoms with Gasteiger partial charge in [-0.15, -0.1) is 0 Å². The number of ether oxygens (including phenoxy) is 1. The Balaban J connectivity index is 1.56. The zero-order valence-electron chi connectivity index (χ0n) is 13.3. The quantitative estimate of drug-likeness (QED) is 0.155. The molecule has 0 aromatic heterocycles. The van der Waals surface area contributed by atoms with E-state index < -0.39 is 7.58 Å². The first-order valence-electron chi connectivity index (χ1n) is 7.67. The monoisotopic (exact) mass is 485 g/mol. The zero-order chi connectivity index (χ0) is 17.6. The molecular formula is C16H17BIN3O2S2. The number of hydrogen-bond acceptors (Lipinski definition) is 6. The molecule has 0 fully saturated rings. The van der Waals surface area contributed by atoms with Crippen molar-refractivity contribution in [2.75, 3.05) is 18.5 Å². The molecule has 2 unspecified atom stereocenters. The maximum atomic E-state index is 7.03. The van der Waals surface area contributed by atoms with Crippen LogP contribution < -0.4 is 10.1 Å². The molecule has 0 saturated carbocycles. The molecule has 2 aromatic rings. The van der Waals surface area contributed by atoms with Crippen LogP contribution in [-0.2, 0) is 4.18 Å². The second kappa shape index (κ2) is 9.15. The van der Waals surface area contributed by atoms with E-state index in [1.165, 1.54) is 4.90 Å². The molecular weight excluding hydrogens is 468 g/mol. The van der Waals surface area contributed by atoms with Gasteiger partial charge >= 0.3 is 126 Å². The molecule has 2 aromatic carbocycles. The summed E-state index contributed by atoms with van der Waals surface area (Å²) < 4.78 is 11.1. The number of thiol groups is 1. The van der Waals surface area contributed by atoms with Crippen LogP contribution in [0.1, 0.15) is 17.4 Å². The van der Waals surface area contributed by atoms with E-state index in [0.29, 0.717) is 18.9 Å². The first kappa shape index (κ1) is 18.9. The SMILES string of the molecule is B#[SH](I)OCCCOc1ccc2c(c1)SC(c1ccc(N=N)cc1)N2. The summed E-state index contributed by atoms with van der Waals surface area (Å²) in [5, 5.41) is 7.09. The Morgan fingerprint density at radius 1 is 1.24 bits per heavy atom. The van der Waals surface area contributed by atoms with Crippen LogP contribution in [0.4, 0.5) is 11.4 Å². The van der Waals surface area contributed by atoms with Gasteiger partial charge in [0.1, 0.15) is 0 Å². The number of fused-ring (bicyclic) bond motifs is 1. The van der Waals surface area contributed by atoms with Gasteiger partial charge in [0.15, 0.2) is 0 Å². The number of rotatable bonds is 7. The van der Waals surface area contributed by atoms with Crippen LogP contribution in [0.2, 0.25) is 0 Å². The summed E-state index contributed by atoms with van der Waals surface area (Å²) in [4.78, 5) is 1.17. The molecule has 1 aliphatic rings. The molecule has 9 heteroatoms. The molecule has 2 N–H and O–H groups in total. The predicted octanol–water partition coefficient (Wildman–Crippen LogP) is 5.70. The van der Waals surface area contributed by atoms with Crippen LogP contribution in [0.25, 0.3) is 0 Å². The average molecular weight is 485 g/mol. The van der Waals surface area contributed by atoms with Gasteiger partial charge in [-0.2, -0.15) is 5.11 Å². The summed E-state index contributed by atoms with van der Waals surface area (Å²) >= 11 is 3.85.